The first kappa shape index (κ1) is 18.9. The van der Waals surface area contributed by atoms with Crippen molar-refractivity contribution < 1.29 is 4.79 Å². The van der Waals surface area contributed by atoms with Gasteiger partial charge >= 0.3 is 0 Å². The lowest BCUT2D eigenvalue weighted by molar-refractivity contribution is -0.132. The molecule has 26 heavy (non-hydrogen) atoms. The molecule has 0 radical (unpaired) electrons. The Morgan fingerprint density at radius 2 is 2.00 bits per heavy atom. The molecule has 3 rings (SSSR count). The SMILES string of the molecule is CC(C)CC(=O)N1CCC(Nc2cc(N3CCCC(C)C3)ncn2)CC1. The van der Waals surface area contributed by atoms with Gasteiger partial charge in [0, 0.05) is 44.7 Å². The maximum absolute atomic E-state index is 12.2. The van der Waals surface area contributed by atoms with Gasteiger partial charge < -0.3 is 15.1 Å². The fourth-order valence-corrected chi connectivity index (χ4v) is 3.96. The lowest BCUT2D eigenvalue weighted by Gasteiger charge is -2.34. The predicted octanol–water partition coefficient (Wildman–Crippen LogP) is 3.16. The molecule has 144 valence electrons. The molecule has 3 heterocycles. The minimum atomic E-state index is 0.294. The van der Waals surface area contributed by atoms with E-state index in [0.717, 1.165) is 56.6 Å². The van der Waals surface area contributed by atoms with Crippen molar-refractivity contribution in [2.75, 3.05) is 36.4 Å². The highest BCUT2D eigenvalue weighted by atomic mass is 16.2. The summed E-state index contributed by atoms with van der Waals surface area (Å²) < 4.78 is 0. The molecule has 6 nitrogen and oxygen atoms in total. The summed E-state index contributed by atoms with van der Waals surface area (Å²) in [5.41, 5.74) is 0. The van der Waals surface area contributed by atoms with Crippen molar-refractivity contribution in [2.45, 2.75) is 58.9 Å². The zero-order chi connectivity index (χ0) is 18.5. The lowest BCUT2D eigenvalue weighted by atomic mass is 10.0. The molecule has 2 saturated heterocycles. The van der Waals surface area contributed by atoms with Gasteiger partial charge in [-0.3, -0.25) is 4.79 Å². The molecule has 1 atom stereocenters. The third-order valence-corrected chi connectivity index (χ3v) is 5.42. The van der Waals surface area contributed by atoms with Crippen molar-refractivity contribution >= 4 is 17.5 Å². The van der Waals surface area contributed by atoms with Gasteiger partial charge in [-0.1, -0.05) is 20.8 Å². The van der Waals surface area contributed by atoms with Crippen LogP contribution in [0.25, 0.3) is 0 Å². The van der Waals surface area contributed by atoms with E-state index in [2.05, 4.69) is 47.0 Å². The molecular weight excluding hydrogens is 326 g/mol. The number of likely N-dealkylation sites (tertiary alicyclic amines) is 1. The Kier molecular flexibility index (Phi) is 6.33. The Balaban J connectivity index is 1.52. The number of hydrogen-bond donors (Lipinski definition) is 1. The van der Waals surface area contributed by atoms with E-state index in [4.69, 9.17) is 0 Å². The van der Waals surface area contributed by atoms with Crippen LogP contribution in [0.1, 0.15) is 52.9 Å². The number of aromatic nitrogens is 2. The molecule has 0 spiro atoms. The molecule has 1 unspecified atom stereocenters. The molecular formula is C20H33N5O. The standard InChI is InChI=1S/C20H33N5O/c1-15(2)11-20(26)24-9-6-17(7-10-24)23-18-12-19(22-14-21-18)25-8-4-5-16(3)13-25/h12,14-17H,4-11,13H2,1-3H3,(H,21,22,23). The number of carbonyl (C=O) groups is 1. The third kappa shape index (κ3) is 5.08. The van der Waals surface area contributed by atoms with Gasteiger partial charge in [-0.05, 0) is 37.5 Å². The summed E-state index contributed by atoms with van der Waals surface area (Å²) in [6.45, 7) is 10.3. The number of piperidine rings is 2. The predicted molar refractivity (Wildman–Crippen MR) is 105 cm³/mol. The molecule has 2 aliphatic rings. The van der Waals surface area contributed by atoms with Gasteiger partial charge in [-0.25, -0.2) is 9.97 Å². The van der Waals surface area contributed by atoms with Crippen LogP contribution in [0.5, 0.6) is 0 Å². The summed E-state index contributed by atoms with van der Waals surface area (Å²) in [7, 11) is 0. The van der Waals surface area contributed by atoms with Crippen molar-refractivity contribution in [1.82, 2.24) is 14.9 Å². The van der Waals surface area contributed by atoms with E-state index in [9.17, 15) is 4.79 Å². The minimum Gasteiger partial charge on any atom is -0.367 e. The van der Waals surface area contributed by atoms with Gasteiger partial charge in [0.25, 0.3) is 0 Å². The molecule has 6 heteroatoms. The Labute approximate surface area is 157 Å². The van der Waals surface area contributed by atoms with E-state index < -0.39 is 0 Å². The minimum absolute atomic E-state index is 0.294. The number of carbonyl (C=O) groups excluding carboxylic acids is 1. The first-order valence-electron chi connectivity index (χ1n) is 10.1. The molecule has 1 amide bonds. The van der Waals surface area contributed by atoms with Crippen molar-refractivity contribution in [1.29, 1.82) is 0 Å². The van der Waals surface area contributed by atoms with Crippen molar-refractivity contribution in [2.24, 2.45) is 11.8 Å². The van der Waals surface area contributed by atoms with Crippen LogP contribution >= 0.6 is 0 Å². The summed E-state index contributed by atoms with van der Waals surface area (Å²) in [4.78, 5) is 25.5. The molecule has 2 aliphatic heterocycles. The van der Waals surface area contributed by atoms with Gasteiger partial charge in [0.1, 0.15) is 18.0 Å². The van der Waals surface area contributed by atoms with E-state index in [1.165, 1.54) is 12.8 Å². The van der Waals surface area contributed by atoms with Crippen LogP contribution < -0.4 is 10.2 Å². The fourth-order valence-electron chi connectivity index (χ4n) is 3.96. The first-order chi connectivity index (χ1) is 12.5. The summed E-state index contributed by atoms with van der Waals surface area (Å²) >= 11 is 0. The topological polar surface area (TPSA) is 61.4 Å². The Bertz CT molecular complexity index is 598. The molecule has 0 aliphatic carbocycles. The zero-order valence-corrected chi connectivity index (χ0v) is 16.4. The number of rotatable bonds is 5. The molecule has 0 bridgehead atoms. The quantitative estimate of drug-likeness (QED) is 0.875. The Hall–Kier alpha value is -1.85. The number of nitrogens with zero attached hydrogens (tertiary/aromatic N) is 4. The van der Waals surface area contributed by atoms with Gasteiger partial charge in [0.2, 0.25) is 5.91 Å². The maximum Gasteiger partial charge on any atom is 0.222 e. The summed E-state index contributed by atoms with van der Waals surface area (Å²) in [5.74, 6) is 3.37. The molecule has 1 aromatic rings. The number of amides is 1. The molecule has 1 aromatic heterocycles. The van der Waals surface area contributed by atoms with E-state index in [0.29, 0.717) is 24.3 Å². The monoisotopic (exact) mass is 359 g/mol. The second-order valence-corrected chi connectivity index (χ2v) is 8.35. The smallest absolute Gasteiger partial charge is 0.222 e. The number of hydrogen-bond acceptors (Lipinski definition) is 5. The fraction of sp³-hybridized carbons (Fsp3) is 0.750. The van der Waals surface area contributed by atoms with Crippen molar-refractivity contribution in [3.8, 4) is 0 Å². The third-order valence-electron chi connectivity index (χ3n) is 5.42. The second-order valence-electron chi connectivity index (χ2n) is 8.35. The van der Waals surface area contributed by atoms with Crippen LogP contribution in [0.2, 0.25) is 0 Å². The lowest BCUT2D eigenvalue weighted by Crippen LogP contribution is -2.42. The van der Waals surface area contributed by atoms with Gasteiger partial charge in [-0.15, -0.1) is 0 Å². The van der Waals surface area contributed by atoms with Crippen LogP contribution in [0.15, 0.2) is 12.4 Å². The Morgan fingerprint density at radius 3 is 2.69 bits per heavy atom. The van der Waals surface area contributed by atoms with Crippen LogP contribution in [0, 0.1) is 11.8 Å². The summed E-state index contributed by atoms with van der Waals surface area (Å²) in [6, 6.07) is 2.45. The highest BCUT2D eigenvalue weighted by Crippen LogP contribution is 2.23. The highest BCUT2D eigenvalue weighted by molar-refractivity contribution is 5.76. The Morgan fingerprint density at radius 1 is 1.23 bits per heavy atom. The molecule has 1 N–H and O–H groups in total. The van der Waals surface area contributed by atoms with Crippen LogP contribution in [0.3, 0.4) is 0 Å². The van der Waals surface area contributed by atoms with Crippen molar-refractivity contribution in [3.05, 3.63) is 12.4 Å². The largest absolute Gasteiger partial charge is 0.367 e. The van der Waals surface area contributed by atoms with E-state index in [1.807, 2.05) is 4.90 Å². The average Bonchev–Trinajstić information content (AvgIpc) is 2.62. The molecule has 0 aromatic carbocycles. The van der Waals surface area contributed by atoms with E-state index in [1.54, 1.807) is 6.33 Å². The van der Waals surface area contributed by atoms with Crippen LogP contribution in [0.4, 0.5) is 11.6 Å². The maximum atomic E-state index is 12.2. The second kappa shape index (κ2) is 8.69. The van der Waals surface area contributed by atoms with Gasteiger partial charge in [-0.2, -0.15) is 0 Å². The molecule has 2 fully saturated rings. The molecule has 0 saturated carbocycles. The van der Waals surface area contributed by atoms with E-state index in [-0.39, 0.29) is 0 Å². The zero-order valence-electron chi connectivity index (χ0n) is 16.4. The van der Waals surface area contributed by atoms with E-state index >= 15 is 0 Å². The van der Waals surface area contributed by atoms with Crippen LogP contribution in [-0.4, -0.2) is 53.0 Å². The number of nitrogens with one attached hydrogen (secondary N) is 1. The van der Waals surface area contributed by atoms with Crippen molar-refractivity contribution in [3.63, 3.8) is 0 Å². The highest BCUT2D eigenvalue weighted by Gasteiger charge is 2.24. The average molecular weight is 360 g/mol. The summed E-state index contributed by atoms with van der Waals surface area (Å²) in [5, 5.41) is 3.56. The summed E-state index contributed by atoms with van der Waals surface area (Å²) in [6.07, 6.45) is 6.81. The van der Waals surface area contributed by atoms with Gasteiger partial charge in [0.15, 0.2) is 0 Å². The van der Waals surface area contributed by atoms with Gasteiger partial charge in [0.05, 0.1) is 0 Å². The first-order valence-corrected chi connectivity index (χ1v) is 10.1. The normalized spacial score (nSPS) is 21.9. The number of anilines is 2. The van der Waals surface area contributed by atoms with Crippen LogP contribution in [-0.2, 0) is 4.79 Å².